The number of aromatic nitrogens is 5. The SMILES string of the molecule is Cc1ccccc1-n1ccc(C(=O)NC2CCN(c3nccn4ccnc34)C2)n1. The Kier molecular flexibility index (Phi) is 4.23. The molecule has 5 rings (SSSR count). The Balaban J connectivity index is 1.28. The molecule has 0 aliphatic carbocycles. The third kappa shape index (κ3) is 3.22. The van der Waals surface area contributed by atoms with Gasteiger partial charge in [-0.3, -0.25) is 4.79 Å². The molecular weight excluding hydrogens is 366 g/mol. The van der Waals surface area contributed by atoms with Crippen LogP contribution < -0.4 is 10.2 Å². The van der Waals surface area contributed by atoms with E-state index in [1.807, 2.05) is 54.2 Å². The van der Waals surface area contributed by atoms with E-state index in [1.165, 1.54) is 0 Å². The topological polar surface area (TPSA) is 80.4 Å². The average molecular weight is 387 g/mol. The minimum absolute atomic E-state index is 0.0446. The monoisotopic (exact) mass is 387 g/mol. The number of nitrogens with zero attached hydrogens (tertiary/aromatic N) is 6. The van der Waals surface area contributed by atoms with Crippen molar-refractivity contribution in [2.75, 3.05) is 18.0 Å². The number of benzene rings is 1. The van der Waals surface area contributed by atoms with E-state index in [0.29, 0.717) is 12.2 Å². The van der Waals surface area contributed by atoms with Gasteiger partial charge in [-0.05, 0) is 31.0 Å². The molecule has 1 N–H and O–H groups in total. The maximum Gasteiger partial charge on any atom is 0.272 e. The van der Waals surface area contributed by atoms with E-state index in [4.69, 9.17) is 0 Å². The molecule has 3 aromatic heterocycles. The lowest BCUT2D eigenvalue weighted by Crippen LogP contribution is -2.37. The summed E-state index contributed by atoms with van der Waals surface area (Å²) in [5, 5.41) is 7.56. The van der Waals surface area contributed by atoms with Crippen LogP contribution >= 0.6 is 0 Å². The van der Waals surface area contributed by atoms with Crippen molar-refractivity contribution >= 4 is 17.4 Å². The summed E-state index contributed by atoms with van der Waals surface area (Å²) in [6, 6.07) is 9.76. The van der Waals surface area contributed by atoms with Crippen LogP contribution in [0.25, 0.3) is 11.3 Å². The molecule has 8 nitrogen and oxygen atoms in total. The molecule has 0 spiro atoms. The fraction of sp³-hybridized carbons (Fsp3) is 0.238. The first-order valence-corrected chi connectivity index (χ1v) is 9.64. The first-order valence-electron chi connectivity index (χ1n) is 9.64. The van der Waals surface area contributed by atoms with Crippen LogP contribution in [0.4, 0.5) is 5.82 Å². The number of nitrogens with one attached hydrogen (secondary N) is 1. The van der Waals surface area contributed by atoms with Crippen LogP contribution in [-0.4, -0.2) is 49.2 Å². The average Bonchev–Trinajstić information content (AvgIpc) is 3.48. The first kappa shape index (κ1) is 17.4. The minimum atomic E-state index is -0.156. The van der Waals surface area contributed by atoms with Gasteiger partial charge < -0.3 is 14.6 Å². The highest BCUT2D eigenvalue weighted by Crippen LogP contribution is 2.22. The summed E-state index contributed by atoms with van der Waals surface area (Å²) >= 11 is 0. The van der Waals surface area contributed by atoms with Crippen LogP contribution in [0.5, 0.6) is 0 Å². The molecule has 1 unspecified atom stereocenters. The molecule has 1 saturated heterocycles. The molecule has 1 aliphatic heterocycles. The van der Waals surface area contributed by atoms with E-state index in [0.717, 1.165) is 35.7 Å². The maximum atomic E-state index is 12.7. The Morgan fingerprint density at radius 1 is 1.10 bits per heavy atom. The number of hydrogen-bond donors (Lipinski definition) is 1. The van der Waals surface area contributed by atoms with Crippen molar-refractivity contribution in [2.24, 2.45) is 0 Å². The fourth-order valence-corrected chi connectivity index (χ4v) is 3.79. The summed E-state index contributed by atoms with van der Waals surface area (Å²) in [4.78, 5) is 23.8. The smallest absolute Gasteiger partial charge is 0.272 e. The Bertz CT molecular complexity index is 1180. The number of carbonyl (C=O) groups is 1. The number of fused-ring (bicyclic) bond motifs is 1. The molecule has 4 heterocycles. The van der Waals surface area contributed by atoms with Crippen LogP contribution in [0.2, 0.25) is 0 Å². The zero-order chi connectivity index (χ0) is 19.8. The lowest BCUT2D eigenvalue weighted by molar-refractivity contribution is 0.0935. The van der Waals surface area contributed by atoms with Gasteiger partial charge in [-0.2, -0.15) is 5.10 Å². The molecule has 0 saturated carbocycles. The standard InChI is InChI=1S/C21H21N7O/c1-15-4-2-3-5-18(15)28-11-7-17(25-28)21(29)24-16-6-10-27(14-16)20-19-22-8-12-26(19)13-9-23-20/h2-5,7-9,11-13,16H,6,10,14H2,1H3,(H,24,29). The van der Waals surface area contributed by atoms with Gasteiger partial charge in [-0.25, -0.2) is 14.6 Å². The van der Waals surface area contributed by atoms with Gasteiger partial charge in [0.1, 0.15) is 0 Å². The third-order valence-electron chi connectivity index (χ3n) is 5.30. The second kappa shape index (κ2) is 7.05. The van der Waals surface area contributed by atoms with Crippen LogP contribution in [0.15, 0.2) is 61.3 Å². The van der Waals surface area contributed by atoms with Gasteiger partial charge in [0, 0.05) is 50.1 Å². The van der Waals surface area contributed by atoms with Gasteiger partial charge >= 0.3 is 0 Å². The molecular formula is C21H21N7O. The van der Waals surface area contributed by atoms with Gasteiger partial charge in [0.2, 0.25) is 0 Å². The molecule has 8 heteroatoms. The van der Waals surface area contributed by atoms with E-state index < -0.39 is 0 Å². The van der Waals surface area contributed by atoms with E-state index in [2.05, 4.69) is 25.3 Å². The molecule has 0 radical (unpaired) electrons. The molecule has 146 valence electrons. The van der Waals surface area contributed by atoms with Crippen molar-refractivity contribution in [1.82, 2.24) is 29.5 Å². The lowest BCUT2D eigenvalue weighted by Gasteiger charge is -2.18. The number of imidazole rings is 1. The summed E-state index contributed by atoms with van der Waals surface area (Å²) < 4.78 is 3.70. The van der Waals surface area contributed by atoms with Gasteiger partial charge in [0.05, 0.1) is 5.69 Å². The third-order valence-corrected chi connectivity index (χ3v) is 5.30. The number of carbonyl (C=O) groups excluding carboxylic acids is 1. The van der Waals surface area contributed by atoms with Gasteiger partial charge in [0.25, 0.3) is 5.91 Å². The second-order valence-electron chi connectivity index (χ2n) is 7.25. The van der Waals surface area contributed by atoms with Gasteiger partial charge in [-0.1, -0.05) is 18.2 Å². The number of aryl methyl sites for hydroxylation is 1. The number of para-hydroxylation sites is 1. The van der Waals surface area contributed by atoms with Crippen LogP contribution in [0.1, 0.15) is 22.5 Å². The normalized spacial score (nSPS) is 16.4. The number of rotatable bonds is 4. The molecule has 1 fully saturated rings. The maximum absolute atomic E-state index is 12.7. The molecule has 1 atom stereocenters. The Labute approximate surface area is 167 Å². The zero-order valence-electron chi connectivity index (χ0n) is 16.1. The summed E-state index contributed by atoms with van der Waals surface area (Å²) in [6.45, 7) is 3.55. The summed E-state index contributed by atoms with van der Waals surface area (Å²) in [7, 11) is 0. The van der Waals surface area contributed by atoms with Crippen LogP contribution in [-0.2, 0) is 0 Å². The fourth-order valence-electron chi connectivity index (χ4n) is 3.79. The molecule has 29 heavy (non-hydrogen) atoms. The summed E-state index contributed by atoms with van der Waals surface area (Å²) in [5.41, 5.74) is 3.32. The number of hydrogen-bond acceptors (Lipinski definition) is 5. The van der Waals surface area contributed by atoms with Crippen molar-refractivity contribution in [1.29, 1.82) is 0 Å². The van der Waals surface area contributed by atoms with Gasteiger partial charge in [-0.15, -0.1) is 0 Å². The molecule has 0 bridgehead atoms. The summed E-state index contributed by atoms with van der Waals surface area (Å²) in [6.07, 6.45) is 10.00. The largest absolute Gasteiger partial charge is 0.351 e. The van der Waals surface area contributed by atoms with E-state index in [9.17, 15) is 4.79 Å². The van der Waals surface area contributed by atoms with Crippen LogP contribution in [0, 0.1) is 6.92 Å². The van der Waals surface area contributed by atoms with Crippen molar-refractivity contribution < 1.29 is 4.79 Å². The number of anilines is 1. The Morgan fingerprint density at radius 2 is 1.93 bits per heavy atom. The number of amides is 1. The lowest BCUT2D eigenvalue weighted by atomic mass is 10.2. The highest BCUT2D eigenvalue weighted by molar-refractivity contribution is 5.92. The van der Waals surface area contributed by atoms with Crippen LogP contribution in [0.3, 0.4) is 0 Å². The molecule has 1 amide bonds. The highest BCUT2D eigenvalue weighted by atomic mass is 16.2. The molecule has 4 aromatic rings. The van der Waals surface area contributed by atoms with E-state index in [1.54, 1.807) is 23.1 Å². The van der Waals surface area contributed by atoms with E-state index >= 15 is 0 Å². The van der Waals surface area contributed by atoms with Gasteiger partial charge in [0.15, 0.2) is 17.2 Å². The minimum Gasteiger partial charge on any atom is -0.351 e. The van der Waals surface area contributed by atoms with Crippen molar-refractivity contribution in [2.45, 2.75) is 19.4 Å². The van der Waals surface area contributed by atoms with E-state index in [-0.39, 0.29) is 11.9 Å². The van der Waals surface area contributed by atoms with Crippen molar-refractivity contribution in [3.8, 4) is 5.69 Å². The molecule has 1 aromatic carbocycles. The first-order chi connectivity index (χ1) is 14.2. The summed E-state index contributed by atoms with van der Waals surface area (Å²) in [5.74, 6) is 0.689. The zero-order valence-corrected chi connectivity index (χ0v) is 16.1. The Hall–Kier alpha value is -3.68. The quantitative estimate of drug-likeness (QED) is 0.581. The highest BCUT2D eigenvalue weighted by Gasteiger charge is 2.27. The van der Waals surface area contributed by atoms with Crippen molar-refractivity contribution in [3.05, 3.63) is 72.6 Å². The second-order valence-corrected chi connectivity index (χ2v) is 7.25. The molecule has 1 aliphatic rings. The predicted octanol–water partition coefficient (Wildman–Crippen LogP) is 2.23. The Morgan fingerprint density at radius 3 is 2.79 bits per heavy atom. The predicted molar refractivity (Wildman–Crippen MR) is 109 cm³/mol. The van der Waals surface area contributed by atoms with Crippen molar-refractivity contribution in [3.63, 3.8) is 0 Å².